The summed E-state index contributed by atoms with van der Waals surface area (Å²) in [6.07, 6.45) is 3.33. The fourth-order valence-electron chi connectivity index (χ4n) is 3.22. The second kappa shape index (κ2) is 8.65. The lowest BCUT2D eigenvalue weighted by Gasteiger charge is -2.27. The maximum absolute atomic E-state index is 12.5. The van der Waals surface area contributed by atoms with Gasteiger partial charge in [-0.05, 0) is 63.4 Å². The molecule has 28 heavy (non-hydrogen) atoms. The minimum absolute atomic E-state index is 0.0831. The Kier molecular flexibility index (Phi) is 6.24. The van der Waals surface area contributed by atoms with Gasteiger partial charge >= 0.3 is 6.09 Å². The second-order valence-electron chi connectivity index (χ2n) is 7.88. The molecular formula is C21H29N3O4. The normalized spacial score (nSPS) is 17.0. The number of likely N-dealkylation sites (tertiary alicyclic amines) is 1. The third-order valence-electron chi connectivity index (χ3n) is 4.51. The van der Waals surface area contributed by atoms with Crippen molar-refractivity contribution >= 4 is 6.09 Å². The first-order valence-corrected chi connectivity index (χ1v) is 9.64. The van der Waals surface area contributed by atoms with Crippen LogP contribution in [0.25, 0.3) is 11.3 Å². The lowest BCUT2D eigenvalue weighted by molar-refractivity contribution is 0.0218. The van der Waals surface area contributed by atoms with Crippen LogP contribution in [-0.2, 0) is 9.47 Å². The van der Waals surface area contributed by atoms with Crippen LogP contribution in [0.2, 0.25) is 0 Å². The van der Waals surface area contributed by atoms with Crippen molar-refractivity contribution in [3.8, 4) is 17.0 Å². The number of imidazole rings is 1. The third-order valence-corrected chi connectivity index (χ3v) is 4.51. The zero-order valence-electron chi connectivity index (χ0n) is 17.0. The highest BCUT2D eigenvalue weighted by Gasteiger charge is 2.34. The quantitative estimate of drug-likeness (QED) is 0.753. The van der Waals surface area contributed by atoms with Crippen molar-refractivity contribution in [2.75, 3.05) is 26.9 Å². The van der Waals surface area contributed by atoms with Gasteiger partial charge in [-0.15, -0.1) is 0 Å². The summed E-state index contributed by atoms with van der Waals surface area (Å²) in [5, 5.41) is 0. The molecule has 1 atom stereocenters. The summed E-state index contributed by atoms with van der Waals surface area (Å²) < 4.78 is 16.1. The topological polar surface area (TPSA) is 76.7 Å². The predicted molar refractivity (Wildman–Crippen MR) is 106 cm³/mol. The van der Waals surface area contributed by atoms with Crippen molar-refractivity contribution in [2.24, 2.45) is 0 Å². The van der Waals surface area contributed by atoms with E-state index >= 15 is 0 Å². The number of carbonyl (C=O) groups is 1. The first-order valence-electron chi connectivity index (χ1n) is 9.64. The van der Waals surface area contributed by atoms with E-state index in [1.165, 1.54) is 0 Å². The molecule has 0 aliphatic carbocycles. The van der Waals surface area contributed by atoms with Crippen molar-refractivity contribution in [1.82, 2.24) is 14.9 Å². The fraction of sp³-hybridized carbons (Fsp3) is 0.524. The van der Waals surface area contributed by atoms with Gasteiger partial charge < -0.3 is 19.2 Å². The zero-order valence-corrected chi connectivity index (χ0v) is 17.0. The van der Waals surface area contributed by atoms with Gasteiger partial charge in [0.1, 0.15) is 23.8 Å². The third kappa shape index (κ3) is 5.04. The van der Waals surface area contributed by atoms with E-state index in [4.69, 9.17) is 14.2 Å². The number of amides is 1. The minimum Gasteiger partial charge on any atom is -0.491 e. The van der Waals surface area contributed by atoms with Crippen molar-refractivity contribution in [3.05, 3.63) is 36.3 Å². The van der Waals surface area contributed by atoms with E-state index < -0.39 is 5.60 Å². The van der Waals surface area contributed by atoms with Gasteiger partial charge in [0.25, 0.3) is 0 Å². The first kappa shape index (κ1) is 20.2. The van der Waals surface area contributed by atoms with E-state index in [0.717, 1.165) is 35.7 Å². The number of rotatable bonds is 6. The Morgan fingerprint density at radius 1 is 1.25 bits per heavy atom. The predicted octanol–water partition coefficient (Wildman–Crippen LogP) is 4.17. The van der Waals surface area contributed by atoms with Gasteiger partial charge in [0.15, 0.2) is 0 Å². The van der Waals surface area contributed by atoms with Crippen molar-refractivity contribution in [2.45, 2.75) is 45.3 Å². The molecule has 1 aromatic carbocycles. The monoisotopic (exact) mass is 387 g/mol. The van der Waals surface area contributed by atoms with Crippen LogP contribution >= 0.6 is 0 Å². The second-order valence-corrected chi connectivity index (χ2v) is 7.88. The molecule has 1 fully saturated rings. The average molecular weight is 387 g/mol. The van der Waals surface area contributed by atoms with Crippen LogP contribution in [0.4, 0.5) is 4.79 Å². The van der Waals surface area contributed by atoms with E-state index in [-0.39, 0.29) is 12.1 Å². The number of H-pyrrole nitrogens is 1. The standard InChI is InChI=1S/C21H29N3O4/c1-21(2,3)28-20(25)24-11-5-6-18(24)19-22-14-17(23-19)15-7-9-16(10-8-15)27-13-12-26-4/h7-10,14,18H,5-6,11-13H2,1-4H3,(H,22,23)/t18-/m0/s1. The van der Waals surface area contributed by atoms with Gasteiger partial charge in [-0.25, -0.2) is 9.78 Å². The average Bonchev–Trinajstić information content (AvgIpc) is 3.30. The van der Waals surface area contributed by atoms with E-state index in [2.05, 4.69) is 9.97 Å². The maximum atomic E-state index is 12.5. The molecule has 2 heterocycles. The molecule has 2 aromatic rings. The lowest BCUT2D eigenvalue weighted by Crippen LogP contribution is -2.36. The van der Waals surface area contributed by atoms with Crippen LogP contribution in [0.3, 0.4) is 0 Å². The Hall–Kier alpha value is -2.54. The van der Waals surface area contributed by atoms with E-state index in [9.17, 15) is 4.79 Å². The summed E-state index contributed by atoms with van der Waals surface area (Å²) in [7, 11) is 1.65. The molecule has 0 spiro atoms. The molecule has 0 radical (unpaired) electrons. The number of nitrogens with one attached hydrogen (secondary N) is 1. The molecule has 0 unspecified atom stereocenters. The molecule has 0 bridgehead atoms. The molecule has 7 nitrogen and oxygen atoms in total. The summed E-state index contributed by atoms with van der Waals surface area (Å²) in [5.74, 6) is 1.59. The van der Waals surface area contributed by atoms with Crippen LogP contribution < -0.4 is 4.74 Å². The molecule has 7 heteroatoms. The van der Waals surface area contributed by atoms with Gasteiger partial charge in [-0.2, -0.15) is 0 Å². The molecular weight excluding hydrogens is 358 g/mol. The number of nitrogens with zero attached hydrogens (tertiary/aromatic N) is 2. The van der Waals surface area contributed by atoms with Gasteiger partial charge in [0.2, 0.25) is 0 Å². The van der Waals surface area contributed by atoms with Gasteiger partial charge in [0, 0.05) is 13.7 Å². The van der Waals surface area contributed by atoms with Crippen LogP contribution in [0, 0.1) is 0 Å². The molecule has 1 aliphatic rings. The SMILES string of the molecule is COCCOc1ccc(-c2cnc([C@@H]3CCCN3C(=O)OC(C)(C)C)[nH]2)cc1. The molecule has 1 aliphatic heterocycles. The number of carbonyl (C=O) groups excluding carboxylic acids is 1. The fourth-order valence-corrected chi connectivity index (χ4v) is 3.22. The van der Waals surface area contributed by atoms with E-state index in [1.807, 2.05) is 51.2 Å². The smallest absolute Gasteiger partial charge is 0.410 e. The molecule has 1 aromatic heterocycles. The Balaban J connectivity index is 1.68. The van der Waals surface area contributed by atoms with Crippen molar-refractivity contribution in [3.63, 3.8) is 0 Å². The van der Waals surface area contributed by atoms with Crippen LogP contribution in [0.1, 0.15) is 45.5 Å². The van der Waals surface area contributed by atoms with Crippen molar-refractivity contribution in [1.29, 1.82) is 0 Å². The van der Waals surface area contributed by atoms with Crippen LogP contribution in [0.5, 0.6) is 5.75 Å². The number of hydrogen-bond acceptors (Lipinski definition) is 5. The molecule has 1 saturated heterocycles. The van der Waals surface area contributed by atoms with Crippen molar-refractivity contribution < 1.29 is 19.0 Å². The Morgan fingerprint density at radius 3 is 2.68 bits per heavy atom. The zero-order chi connectivity index (χ0) is 20.1. The molecule has 3 rings (SSSR count). The number of ether oxygens (including phenoxy) is 3. The molecule has 1 N–H and O–H groups in total. The Bertz CT molecular complexity index is 780. The van der Waals surface area contributed by atoms with E-state index in [1.54, 1.807) is 12.0 Å². The Labute approximate surface area is 166 Å². The summed E-state index contributed by atoms with van der Waals surface area (Å²) in [5.41, 5.74) is 1.42. The number of aromatic nitrogens is 2. The Morgan fingerprint density at radius 2 is 2.00 bits per heavy atom. The molecule has 152 valence electrons. The number of methoxy groups -OCH3 is 1. The minimum atomic E-state index is -0.508. The van der Waals surface area contributed by atoms with Gasteiger partial charge in [0.05, 0.1) is 24.5 Å². The highest BCUT2D eigenvalue weighted by molar-refractivity contribution is 5.69. The largest absolute Gasteiger partial charge is 0.491 e. The van der Waals surface area contributed by atoms with Gasteiger partial charge in [-0.1, -0.05) is 0 Å². The number of aromatic amines is 1. The first-order chi connectivity index (χ1) is 13.4. The van der Waals surface area contributed by atoms with E-state index in [0.29, 0.717) is 19.8 Å². The van der Waals surface area contributed by atoms with Crippen LogP contribution in [-0.4, -0.2) is 53.4 Å². The van der Waals surface area contributed by atoms with Gasteiger partial charge in [-0.3, -0.25) is 4.90 Å². The van der Waals surface area contributed by atoms with Crippen LogP contribution in [0.15, 0.2) is 30.5 Å². The lowest BCUT2D eigenvalue weighted by atomic mass is 10.1. The highest BCUT2D eigenvalue weighted by atomic mass is 16.6. The highest BCUT2D eigenvalue weighted by Crippen LogP contribution is 2.33. The molecule has 0 saturated carbocycles. The summed E-state index contributed by atoms with van der Waals surface area (Å²) in [4.78, 5) is 22.2. The maximum Gasteiger partial charge on any atom is 0.410 e. The number of hydrogen-bond donors (Lipinski definition) is 1. The summed E-state index contributed by atoms with van der Waals surface area (Å²) >= 11 is 0. The summed E-state index contributed by atoms with van der Waals surface area (Å²) in [6.45, 7) is 7.40. The molecule has 1 amide bonds. The summed E-state index contributed by atoms with van der Waals surface area (Å²) in [6, 6.07) is 7.74. The number of benzene rings is 1.